The van der Waals surface area contributed by atoms with E-state index in [1.54, 1.807) is 12.1 Å². The van der Waals surface area contributed by atoms with Crippen molar-refractivity contribution in [2.75, 3.05) is 11.9 Å². The Kier molecular flexibility index (Phi) is 6.71. The van der Waals surface area contributed by atoms with Crippen molar-refractivity contribution >= 4 is 11.6 Å². The van der Waals surface area contributed by atoms with Crippen molar-refractivity contribution in [2.24, 2.45) is 0 Å². The number of amides is 1. The number of carbonyl (C=O) groups is 1. The summed E-state index contributed by atoms with van der Waals surface area (Å²) in [6.07, 6.45) is -3.06. The number of phenolic OH excluding ortho intramolecular Hbond substituents is 1. The highest BCUT2D eigenvalue weighted by molar-refractivity contribution is 5.90. The van der Waals surface area contributed by atoms with Crippen LogP contribution in [0.3, 0.4) is 0 Å². The number of rotatable bonds is 7. The molecule has 0 atom stereocenters. The van der Waals surface area contributed by atoms with Crippen LogP contribution in [0, 0.1) is 6.92 Å². The molecule has 0 fully saturated rings. The molecule has 1 amide bonds. The maximum Gasteiger partial charge on any atom is 0.416 e. The monoisotopic (exact) mass is 381 g/mol. The third kappa shape index (κ3) is 5.91. The lowest BCUT2D eigenvalue weighted by Gasteiger charge is -2.14. The molecule has 0 heterocycles. The van der Waals surface area contributed by atoms with E-state index < -0.39 is 11.7 Å². The molecule has 0 spiro atoms. The molecular formula is C20H22F3NO3. The predicted octanol–water partition coefficient (Wildman–Crippen LogP) is 5.08. The van der Waals surface area contributed by atoms with Gasteiger partial charge >= 0.3 is 6.18 Å². The van der Waals surface area contributed by atoms with Crippen LogP contribution in [0.5, 0.6) is 11.5 Å². The molecule has 0 unspecified atom stereocenters. The van der Waals surface area contributed by atoms with Gasteiger partial charge in [0.15, 0.2) is 0 Å². The number of hydrogen-bond donors (Lipinski definition) is 2. The lowest BCUT2D eigenvalue weighted by molar-refractivity contribution is -0.137. The van der Waals surface area contributed by atoms with Gasteiger partial charge in [-0.3, -0.25) is 4.79 Å². The smallest absolute Gasteiger partial charge is 0.416 e. The molecule has 27 heavy (non-hydrogen) atoms. The molecule has 0 aromatic heterocycles. The molecule has 0 aliphatic rings. The number of hydrogen-bond acceptors (Lipinski definition) is 3. The molecule has 2 aromatic carbocycles. The number of alkyl halides is 3. The van der Waals surface area contributed by atoms with Gasteiger partial charge in [-0.15, -0.1) is 0 Å². The van der Waals surface area contributed by atoms with E-state index in [0.717, 1.165) is 23.3 Å². The quantitative estimate of drug-likeness (QED) is 0.658. The summed E-state index contributed by atoms with van der Waals surface area (Å²) < 4.78 is 43.3. The number of aryl methyl sites for hydroxylation is 2. The molecule has 0 aliphatic carbocycles. The molecule has 2 rings (SSSR count). The van der Waals surface area contributed by atoms with Gasteiger partial charge in [-0.2, -0.15) is 13.2 Å². The minimum Gasteiger partial charge on any atom is -0.508 e. The molecule has 146 valence electrons. The van der Waals surface area contributed by atoms with E-state index in [4.69, 9.17) is 4.74 Å². The van der Waals surface area contributed by atoms with E-state index in [0.29, 0.717) is 30.9 Å². The number of halogens is 3. The van der Waals surface area contributed by atoms with Crippen LogP contribution in [0.4, 0.5) is 18.9 Å². The summed E-state index contributed by atoms with van der Waals surface area (Å²) in [4.78, 5) is 11.9. The Morgan fingerprint density at radius 3 is 2.44 bits per heavy atom. The summed E-state index contributed by atoms with van der Waals surface area (Å²) in [5.41, 5.74) is 1.27. The van der Waals surface area contributed by atoms with Gasteiger partial charge in [-0.1, -0.05) is 6.92 Å². The molecule has 0 radical (unpaired) electrons. The Morgan fingerprint density at radius 1 is 1.19 bits per heavy atom. The second kappa shape index (κ2) is 8.79. The fourth-order valence-corrected chi connectivity index (χ4v) is 2.67. The first kappa shape index (κ1) is 20.6. The average molecular weight is 381 g/mol. The minimum atomic E-state index is -4.40. The highest BCUT2D eigenvalue weighted by atomic mass is 19.4. The molecule has 4 nitrogen and oxygen atoms in total. The van der Waals surface area contributed by atoms with Gasteiger partial charge < -0.3 is 15.2 Å². The second-order valence-corrected chi connectivity index (χ2v) is 6.18. The number of carbonyl (C=O) groups excluding carboxylic acids is 1. The van der Waals surface area contributed by atoms with Crippen molar-refractivity contribution in [3.05, 3.63) is 53.1 Å². The normalized spacial score (nSPS) is 11.3. The van der Waals surface area contributed by atoms with Gasteiger partial charge in [0.1, 0.15) is 11.5 Å². The predicted molar refractivity (Wildman–Crippen MR) is 97.0 cm³/mol. The lowest BCUT2D eigenvalue weighted by Crippen LogP contribution is -2.13. The number of aromatic hydroxyl groups is 1. The highest BCUT2D eigenvalue weighted by Crippen LogP contribution is 2.30. The summed E-state index contributed by atoms with van der Waals surface area (Å²) in [6.45, 7) is 4.11. The zero-order valence-corrected chi connectivity index (χ0v) is 15.2. The van der Waals surface area contributed by atoms with Crippen LogP contribution < -0.4 is 10.1 Å². The van der Waals surface area contributed by atoms with Crippen molar-refractivity contribution in [2.45, 2.75) is 39.3 Å². The average Bonchev–Trinajstić information content (AvgIpc) is 2.59. The van der Waals surface area contributed by atoms with Crippen molar-refractivity contribution in [1.82, 2.24) is 0 Å². The van der Waals surface area contributed by atoms with Crippen molar-refractivity contribution < 1.29 is 27.8 Å². The van der Waals surface area contributed by atoms with E-state index in [2.05, 4.69) is 5.32 Å². The van der Waals surface area contributed by atoms with Crippen LogP contribution in [-0.2, 0) is 17.4 Å². The van der Waals surface area contributed by atoms with Crippen LogP contribution in [0.2, 0.25) is 0 Å². The molecular weight excluding hydrogens is 359 g/mol. The van der Waals surface area contributed by atoms with Crippen LogP contribution in [-0.4, -0.2) is 17.6 Å². The number of benzene rings is 2. The number of anilines is 1. The molecule has 0 saturated carbocycles. The number of nitrogens with one attached hydrogen (secondary N) is 1. The Hall–Kier alpha value is -2.70. The third-order valence-electron chi connectivity index (χ3n) is 4.01. The molecule has 2 aromatic rings. The zero-order valence-electron chi connectivity index (χ0n) is 15.2. The largest absolute Gasteiger partial charge is 0.508 e. The fourth-order valence-electron chi connectivity index (χ4n) is 2.67. The highest BCUT2D eigenvalue weighted by Gasteiger charge is 2.29. The summed E-state index contributed by atoms with van der Waals surface area (Å²) in [6, 6.07) is 7.58. The molecule has 2 N–H and O–H groups in total. The Morgan fingerprint density at radius 2 is 1.85 bits per heavy atom. The molecule has 0 aliphatic heterocycles. The first-order valence-electron chi connectivity index (χ1n) is 8.63. The fraction of sp³-hybridized carbons (Fsp3) is 0.350. The van der Waals surface area contributed by atoms with E-state index in [9.17, 15) is 23.1 Å². The van der Waals surface area contributed by atoms with E-state index in [1.165, 1.54) is 12.1 Å². The molecule has 0 saturated heterocycles. The first-order chi connectivity index (χ1) is 12.7. The maximum absolute atomic E-state index is 12.5. The van der Waals surface area contributed by atoms with Gasteiger partial charge in [0.25, 0.3) is 0 Å². The number of ether oxygens (including phenoxy) is 1. The third-order valence-corrected chi connectivity index (χ3v) is 4.01. The van der Waals surface area contributed by atoms with E-state index in [1.807, 2.05) is 13.8 Å². The summed E-state index contributed by atoms with van der Waals surface area (Å²) in [5.74, 6) is 0.600. The summed E-state index contributed by atoms with van der Waals surface area (Å²) >= 11 is 0. The summed E-state index contributed by atoms with van der Waals surface area (Å²) in [5, 5.41) is 12.2. The summed E-state index contributed by atoms with van der Waals surface area (Å²) in [7, 11) is 0. The van der Waals surface area contributed by atoms with Crippen molar-refractivity contribution in [3.63, 3.8) is 0 Å². The van der Waals surface area contributed by atoms with Gasteiger partial charge in [0.05, 0.1) is 12.2 Å². The zero-order chi connectivity index (χ0) is 20.0. The Balaban J connectivity index is 1.82. The number of phenols is 1. The standard InChI is InChI=1S/C20H22F3NO3/c1-3-14-12-17(25)11-13(2)19(14)27-10-4-5-18(26)24-16-8-6-15(7-9-16)20(21,22)23/h6-9,11-12,25H,3-5,10H2,1-2H3,(H,24,26). The maximum atomic E-state index is 12.5. The van der Waals surface area contributed by atoms with Gasteiger partial charge in [-0.05, 0) is 67.3 Å². The van der Waals surface area contributed by atoms with Crippen LogP contribution >= 0.6 is 0 Å². The van der Waals surface area contributed by atoms with Crippen LogP contribution in [0.25, 0.3) is 0 Å². The van der Waals surface area contributed by atoms with Crippen LogP contribution in [0.15, 0.2) is 36.4 Å². The van der Waals surface area contributed by atoms with Gasteiger partial charge in [-0.25, -0.2) is 0 Å². The van der Waals surface area contributed by atoms with Crippen LogP contribution in [0.1, 0.15) is 36.5 Å². The van der Waals surface area contributed by atoms with Gasteiger partial charge in [0, 0.05) is 12.1 Å². The Bertz CT molecular complexity index is 786. The Labute approximate surface area is 156 Å². The SMILES string of the molecule is CCc1cc(O)cc(C)c1OCCCC(=O)Nc1ccc(C(F)(F)F)cc1. The molecule has 7 heteroatoms. The van der Waals surface area contributed by atoms with E-state index in [-0.39, 0.29) is 18.1 Å². The minimum absolute atomic E-state index is 0.180. The lowest BCUT2D eigenvalue weighted by atomic mass is 10.1. The topological polar surface area (TPSA) is 58.6 Å². The van der Waals surface area contributed by atoms with Crippen molar-refractivity contribution in [1.29, 1.82) is 0 Å². The van der Waals surface area contributed by atoms with Crippen molar-refractivity contribution in [3.8, 4) is 11.5 Å². The van der Waals surface area contributed by atoms with E-state index >= 15 is 0 Å². The molecule has 0 bridgehead atoms. The van der Waals surface area contributed by atoms with Gasteiger partial charge in [0.2, 0.25) is 5.91 Å². The second-order valence-electron chi connectivity index (χ2n) is 6.18. The first-order valence-corrected chi connectivity index (χ1v) is 8.63.